The van der Waals surface area contributed by atoms with Gasteiger partial charge in [0.1, 0.15) is 12.4 Å². The molecule has 0 radical (unpaired) electrons. The number of hydrogen-bond acceptors (Lipinski definition) is 5. The minimum Gasteiger partial charge on any atom is -0.491 e. The molecular formula is C26H27ClN2O4S2. The Morgan fingerprint density at radius 2 is 1.83 bits per heavy atom. The normalized spacial score (nSPS) is 17.9. The summed E-state index contributed by atoms with van der Waals surface area (Å²) in [6, 6.07) is 15.6. The number of halogens is 1. The number of fused-ring (bicyclic) bond motifs is 1. The first-order valence-electron chi connectivity index (χ1n) is 11.7. The molecule has 0 bridgehead atoms. The maximum Gasteiger partial charge on any atom is 0.243 e. The highest BCUT2D eigenvalue weighted by atomic mass is 35.5. The molecule has 184 valence electrons. The Hall–Kier alpha value is -2.39. The first-order chi connectivity index (χ1) is 16.8. The van der Waals surface area contributed by atoms with E-state index in [1.807, 2.05) is 18.4 Å². The molecule has 0 saturated heterocycles. The first kappa shape index (κ1) is 24.3. The molecule has 5 rings (SSSR count). The lowest BCUT2D eigenvalue weighted by molar-refractivity contribution is -0.135. The van der Waals surface area contributed by atoms with E-state index in [-0.39, 0.29) is 36.0 Å². The van der Waals surface area contributed by atoms with Crippen molar-refractivity contribution < 1.29 is 17.9 Å². The van der Waals surface area contributed by atoms with Crippen molar-refractivity contribution >= 4 is 38.9 Å². The van der Waals surface area contributed by atoms with E-state index in [1.54, 1.807) is 64.8 Å². The van der Waals surface area contributed by atoms with Gasteiger partial charge in [-0.05, 0) is 79.6 Å². The quantitative estimate of drug-likeness (QED) is 0.408. The Kier molecular flexibility index (Phi) is 6.90. The summed E-state index contributed by atoms with van der Waals surface area (Å²) in [6.45, 7) is 2.56. The zero-order valence-corrected chi connectivity index (χ0v) is 21.8. The number of benzene rings is 2. The molecule has 6 nitrogen and oxygen atoms in total. The van der Waals surface area contributed by atoms with Crippen LogP contribution < -0.4 is 4.74 Å². The Labute approximate surface area is 215 Å². The fourth-order valence-corrected chi connectivity index (χ4v) is 7.11. The zero-order chi connectivity index (χ0) is 24.6. The number of carbonyl (C=O) groups excluding carboxylic acids is 1. The second-order valence-corrected chi connectivity index (χ2v) is 12.3. The van der Waals surface area contributed by atoms with Crippen LogP contribution in [0.3, 0.4) is 0 Å². The van der Waals surface area contributed by atoms with Gasteiger partial charge in [0, 0.05) is 22.5 Å². The molecule has 0 N–H and O–H groups in total. The number of rotatable bonds is 8. The lowest BCUT2D eigenvalue weighted by atomic mass is 10.0. The van der Waals surface area contributed by atoms with Crippen LogP contribution in [0.1, 0.15) is 34.9 Å². The summed E-state index contributed by atoms with van der Waals surface area (Å²) >= 11 is 7.67. The van der Waals surface area contributed by atoms with Crippen LogP contribution in [-0.4, -0.2) is 49.3 Å². The van der Waals surface area contributed by atoms with Crippen molar-refractivity contribution in [3.8, 4) is 5.75 Å². The van der Waals surface area contributed by atoms with E-state index in [0.29, 0.717) is 17.3 Å². The van der Waals surface area contributed by atoms with E-state index in [1.165, 1.54) is 9.18 Å². The fourth-order valence-electron chi connectivity index (χ4n) is 4.42. The third-order valence-corrected chi connectivity index (χ3v) is 9.67. The molecule has 0 unspecified atom stereocenters. The van der Waals surface area contributed by atoms with Gasteiger partial charge in [0.05, 0.1) is 17.5 Å². The number of ether oxygens (including phenoxy) is 1. The van der Waals surface area contributed by atoms with Gasteiger partial charge in [-0.1, -0.05) is 29.3 Å². The molecule has 2 heterocycles. The molecule has 1 atom stereocenters. The lowest BCUT2D eigenvalue weighted by Crippen LogP contribution is -2.48. The van der Waals surface area contributed by atoms with Gasteiger partial charge in [0.15, 0.2) is 0 Å². The van der Waals surface area contributed by atoms with Crippen LogP contribution in [0.2, 0.25) is 5.02 Å². The standard InChI is InChI=1S/C26H27ClN2O4S2/c1-18-2-10-22(11-3-18)35(31,32)29(20-6-7-20)16-26(30)28-14-12-25-23(13-15-34-25)24(28)17-33-21-8-4-19(27)5-9-21/h2-5,8-11,13,15,20,24H,6-7,12,14,16-17H2,1H3/t24-/m0/s1. The molecule has 1 saturated carbocycles. The largest absolute Gasteiger partial charge is 0.491 e. The molecule has 3 aromatic rings. The summed E-state index contributed by atoms with van der Waals surface area (Å²) in [5.41, 5.74) is 2.06. The molecular weight excluding hydrogens is 504 g/mol. The van der Waals surface area contributed by atoms with Gasteiger partial charge < -0.3 is 9.64 Å². The lowest BCUT2D eigenvalue weighted by Gasteiger charge is -2.37. The molecule has 1 aromatic heterocycles. The average Bonchev–Trinajstić information content (AvgIpc) is 3.57. The number of nitrogens with zero attached hydrogens (tertiary/aromatic N) is 2. The molecule has 2 aromatic carbocycles. The number of hydrogen-bond donors (Lipinski definition) is 0. The summed E-state index contributed by atoms with van der Waals surface area (Å²) in [5, 5.41) is 2.66. The minimum absolute atomic E-state index is 0.129. The predicted molar refractivity (Wildman–Crippen MR) is 138 cm³/mol. The first-order valence-corrected chi connectivity index (χ1v) is 14.4. The summed E-state index contributed by atoms with van der Waals surface area (Å²) in [7, 11) is -3.77. The highest BCUT2D eigenvalue weighted by Crippen LogP contribution is 2.36. The van der Waals surface area contributed by atoms with E-state index < -0.39 is 10.0 Å². The Morgan fingerprint density at radius 1 is 1.11 bits per heavy atom. The number of thiophene rings is 1. The van der Waals surface area contributed by atoms with Gasteiger partial charge in [0.2, 0.25) is 15.9 Å². The van der Waals surface area contributed by atoms with Crippen molar-refractivity contribution in [3.05, 3.63) is 81.0 Å². The van der Waals surface area contributed by atoms with Crippen molar-refractivity contribution in [2.24, 2.45) is 0 Å². The highest BCUT2D eigenvalue weighted by molar-refractivity contribution is 7.89. The smallest absolute Gasteiger partial charge is 0.243 e. The van der Waals surface area contributed by atoms with Crippen molar-refractivity contribution in [3.63, 3.8) is 0 Å². The van der Waals surface area contributed by atoms with E-state index in [4.69, 9.17) is 16.3 Å². The van der Waals surface area contributed by atoms with Crippen molar-refractivity contribution in [2.45, 2.75) is 43.2 Å². The third-order valence-electron chi connectivity index (χ3n) is 6.51. The molecule has 1 aliphatic heterocycles. The third kappa shape index (κ3) is 5.26. The van der Waals surface area contributed by atoms with Gasteiger partial charge in [0.25, 0.3) is 0 Å². The second kappa shape index (κ2) is 9.93. The fraction of sp³-hybridized carbons (Fsp3) is 0.346. The van der Waals surface area contributed by atoms with Gasteiger partial charge in [-0.15, -0.1) is 11.3 Å². The van der Waals surface area contributed by atoms with Crippen molar-refractivity contribution in [1.82, 2.24) is 9.21 Å². The number of amides is 1. The Balaban J connectivity index is 1.37. The van der Waals surface area contributed by atoms with Gasteiger partial charge in [-0.25, -0.2) is 8.42 Å². The average molecular weight is 531 g/mol. The Bertz CT molecular complexity index is 1300. The number of aryl methyl sites for hydroxylation is 1. The van der Waals surface area contributed by atoms with Gasteiger partial charge >= 0.3 is 0 Å². The predicted octanol–water partition coefficient (Wildman–Crippen LogP) is 5.07. The van der Waals surface area contributed by atoms with E-state index in [9.17, 15) is 13.2 Å². The summed E-state index contributed by atoms with van der Waals surface area (Å²) in [5.74, 6) is 0.472. The number of sulfonamides is 1. The molecule has 0 spiro atoms. The summed E-state index contributed by atoms with van der Waals surface area (Å²) < 4.78 is 34.3. The van der Waals surface area contributed by atoms with E-state index in [2.05, 4.69) is 0 Å². The topological polar surface area (TPSA) is 66.9 Å². The Morgan fingerprint density at radius 3 is 2.51 bits per heavy atom. The van der Waals surface area contributed by atoms with Crippen LogP contribution in [0.25, 0.3) is 0 Å². The number of carbonyl (C=O) groups is 1. The van der Waals surface area contributed by atoms with Crippen molar-refractivity contribution in [1.29, 1.82) is 0 Å². The van der Waals surface area contributed by atoms with Crippen LogP contribution in [0.4, 0.5) is 0 Å². The molecule has 1 amide bonds. The van der Waals surface area contributed by atoms with E-state index in [0.717, 1.165) is 30.4 Å². The molecule has 1 fully saturated rings. The van der Waals surface area contributed by atoms with Crippen molar-refractivity contribution in [2.75, 3.05) is 19.7 Å². The maximum absolute atomic E-state index is 13.6. The molecule has 9 heteroatoms. The molecule has 1 aliphatic carbocycles. The zero-order valence-electron chi connectivity index (χ0n) is 19.4. The summed E-state index contributed by atoms with van der Waals surface area (Å²) in [4.78, 5) is 16.9. The van der Waals surface area contributed by atoms with E-state index >= 15 is 0 Å². The van der Waals surface area contributed by atoms with Gasteiger partial charge in [-0.3, -0.25) is 4.79 Å². The molecule has 2 aliphatic rings. The highest BCUT2D eigenvalue weighted by Gasteiger charge is 2.41. The van der Waals surface area contributed by atoms with Crippen LogP contribution in [0.15, 0.2) is 64.9 Å². The van der Waals surface area contributed by atoms with Gasteiger partial charge in [-0.2, -0.15) is 4.31 Å². The van der Waals surface area contributed by atoms with Crippen LogP contribution in [0, 0.1) is 6.92 Å². The van der Waals surface area contributed by atoms with Crippen LogP contribution in [-0.2, 0) is 21.2 Å². The monoisotopic (exact) mass is 530 g/mol. The van der Waals surface area contributed by atoms with Crippen LogP contribution >= 0.6 is 22.9 Å². The SMILES string of the molecule is Cc1ccc(S(=O)(=O)N(CC(=O)N2CCc3sccc3[C@@H]2COc2ccc(Cl)cc2)C2CC2)cc1. The minimum atomic E-state index is -3.77. The summed E-state index contributed by atoms with van der Waals surface area (Å²) in [6.07, 6.45) is 2.30. The van der Waals surface area contributed by atoms with Crippen LogP contribution in [0.5, 0.6) is 5.75 Å². The molecule has 35 heavy (non-hydrogen) atoms. The second-order valence-electron chi connectivity index (χ2n) is 9.01. The maximum atomic E-state index is 13.6.